The Balaban J connectivity index is 2.57. The van der Waals surface area contributed by atoms with Gasteiger partial charge in [0.2, 0.25) is 0 Å². The second kappa shape index (κ2) is 7.86. The predicted octanol–water partition coefficient (Wildman–Crippen LogP) is 4.11. The maximum Gasteiger partial charge on any atom is 0.120 e. The number of carbonyl (C=O) groups is 1. The number of hydrogen-bond donors (Lipinski definition) is 0. The lowest BCUT2D eigenvalue weighted by Crippen LogP contribution is -1.98. The second-order valence-corrected chi connectivity index (χ2v) is 4.01. The summed E-state index contributed by atoms with van der Waals surface area (Å²) in [5, 5.41) is 0. The minimum atomic E-state index is 0.340. The first-order chi connectivity index (χ1) is 7.88. The molecule has 0 unspecified atom stereocenters. The van der Waals surface area contributed by atoms with Gasteiger partial charge in [0.25, 0.3) is 0 Å². The predicted molar refractivity (Wildman–Crippen MR) is 68.5 cm³/mol. The Hall–Kier alpha value is -1.37. The third kappa shape index (κ3) is 4.43. The SMILES string of the molecule is CCC/C=C/C[C@H](CC=O)c1ccccc1. The number of unbranched alkanes of at least 4 members (excludes halogenated alkanes) is 1. The van der Waals surface area contributed by atoms with Gasteiger partial charge in [-0.15, -0.1) is 0 Å². The van der Waals surface area contributed by atoms with Crippen molar-refractivity contribution in [3.63, 3.8) is 0 Å². The molecule has 0 bridgehead atoms. The lowest BCUT2D eigenvalue weighted by Gasteiger charge is -2.11. The molecular weight excluding hydrogens is 196 g/mol. The van der Waals surface area contributed by atoms with E-state index >= 15 is 0 Å². The van der Waals surface area contributed by atoms with Crippen LogP contribution in [0.3, 0.4) is 0 Å². The highest BCUT2D eigenvalue weighted by atomic mass is 16.1. The number of benzene rings is 1. The van der Waals surface area contributed by atoms with Gasteiger partial charge < -0.3 is 4.79 Å². The zero-order chi connectivity index (χ0) is 11.6. The summed E-state index contributed by atoms with van der Waals surface area (Å²) in [5.74, 6) is 0.340. The van der Waals surface area contributed by atoms with Crippen LogP contribution in [0.2, 0.25) is 0 Å². The molecule has 0 fully saturated rings. The van der Waals surface area contributed by atoms with Crippen molar-refractivity contribution < 1.29 is 4.79 Å². The number of hydrogen-bond acceptors (Lipinski definition) is 1. The molecule has 16 heavy (non-hydrogen) atoms. The van der Waals surface area contributed by atoms with Crippen LogP contribution < -0.4 is 0 Å². The summed E-state index contributed by atoms with van der Waals surface area (Å²) < 4.78 is 0. The van der Waals surface area contributed by atoms with Crippen LogP contribution in [0.5, 0.6) is 0 Å². The molecule has 86 valence electrons. The van der Waals surface area contributed by atoms with E-state index in [1.165, 1.54) is 12.0 Å². The quantitative estimate of drug-likeness (QED) is 0.495. The molecule has 0 heterocycles. The van der Waals surface area contributed by atoms with E-state index in [1.54, 1.807) is 0 Å². The molecule has 1 aromatic rings. The van der Waals surface area contributed by atoms with Gasteiger partial charge in [0.05, 0.1) is 0 Å². The van der Waals surface area contributed by atoms with E-state index in [9.17, 15) is 4.79 Å². The normalized spacial score (nSPS) is 12.8. The molecule has 0 aliphatic heterocycles. The average molecular weight is 216 g/mol. The first-order valence-corrected chi connectivity index (χ1v) is 6.02. The minimum absolute atomic E-state index is 0.340. The van der Waals surface area contributed by atoms with E-state index in [0.717, 1.165) is 19.1 Å². The van der Waals surface area contributed by atoms with Crippen LogP contribution in [0, 0.1) is 0 Å². The molecule has 0 N–H and O–H groups in total. The zero-order valence-electron chi connectivity index (χ0n) is 9.93. The first kappa shape index (κ1) is 12.7. The van der Waals surface area contributed by atoms with E-state index in [2.05, 4.69) is 31.2 Å². The van der Waals surface area contributed by atoms with Crippen molar-refractivity contribution in [2.45, 2.75) is 38.5 Å². The smallest absolute Gasteiger partial charge is 0.120 e. The third-order valence-electron chi connectivity index (χ3n) is 2.69. The van der Waals surface area contributed by atoms with Gasteiger partial charge in [0, 0.05) is 6.42 Å². The Morgan fingerprint density at radius 1 is 1.12 bits per heavy atom. The molecule has 1 aromatic carbocycles. The van der Waals surface area contributed by atoms with Crippen molar-refractivity contribution in [3.8, 4) is 0 Å². The molecule has 1 nitrogen and oxygen atoms in total. The number of allylic oxidation sites excluding steroid dienone is 2. The molecule has 0 radical (unpaired) electrons. The van der Waals surface area contributed by atoms with Crippen molar-refractivity contribution in [2.24, 2.45) is 0 Å². The molecule has 0 aromatic heterocycles. The number of aldehydes is 1. The molecule has 1 rings (SSSR count). The van der Waals surface area contributed by atoms with Crippen LogP contribution in [-0.4, -0.2) is 6.29 Å². The monoisotopic (exact) mass is 216 g/mol. The van der Waals surface area contributed by atoms with Crippen LogP contribution in [0.4, 0.5) is 0 Å². The van der Waals surface area contributed by atoms with Gasteiger partial charge in [-0.1, -0.05) is 55.8 Å². The maximum atomic E-state index is 10.7. The van der Waals surface area contributed by atoms with E-state index < -0.39 is 0 Å². The van der Waals surface area contributed by atoms with Crippen LogP contribution in [-0.2, 0) is 4.79 Å². The lowest BCUT2D eigenvalue weighted by atomic mass is 9.93. The third-order valence-corrected chi connectivity index (χ3v) is 2.69. The highest BCUT2D eigenvalue weighted by Gasteiger charge is 2.08. The van der Waals surface area contributed by atoms with Crippen LogP contribution in [0.25, 0.3) is 0 Å². The molecule has 0 spiro atoms. The minimum Gasteiger partial charge on any atom is -0.303 e. The van der Waals surface area contributed by atoms with Gasteiger partial charge in [-0.3, -0.25) is 0 Å². The lowest BCUT2D eigenvalue weighted by molar-refractivity contribution is -0.108. The van der Waals surface area contributed by atoms with E-state index in [0.29, 0.717) is 12.3 Å². The maximum absolute atomic E-state index is 10.7. The fourth-order valence-electron chi connectivity index (χ4n) is 1.75. The first-order valence-electron chi connectivity index (χ1n) is 6.02. The Morgan fingerprint density at radius 2 is 1.88 bits per heavy atom. The van der Waals surface area contributed by atoms with E-state index in [1.807, 2.05) is 18.2 Å². The summed E-state index contributed by atoms with van der Waals surface area (Å²) in [6.07, 6.45) is 9.31. The van der Waals surface area contributed by atoms with Crippen molar-refractivity contribution in [1.29, 1.82) is 0 Å². The van der Waals surface area contributed by atoms with Crippen molar-refractivity contribution in [2.75, 3.05) is 0 Å². The van der Waals surface area contributed by atoms with Crippen molar-refractivity contribution in [3.05, 3.63) is 48.0 Å². The van der Waals surface area contributed by atoms with Crippen LogP contribution in [0.15, 0.2) is 42.5 Å². The largest absolute Gasteiger partial charge is 0.303 e. The van der Waals surface area contributed by atoms with Gasteiger partial charge in [0.1, 0.15) is 6.29 Å². The Bertz CT molecular complexity index is 313. The van der Waals surface area contributed by atoms with E-state index in [-0.39, 0.29) is 0 Å². The average Bonchev–Trinajstić information content (AvgIpc) is 2.34. The summed E-state index contributed by atoms with van der Waals surface area (Å²) >= 11 is 0. The van der Waals surface area contributed by atoms with E-state index in [4.69, 9.17) is 0 Å². The van der Waals surface area contributed by atoms with Crippen LogP contribution >= 0.6 is 0 Å². The topological polar surface area (TPSA) is 17.1 Å². The fraction of sp³-hybridized carbons (Fsp3) is 0.400. The molecular formula is C15H20O. The Labute approximate surface area is 98.2 Å². The molecule has 0 aliphatic carbocycles. The van der Waals surface area contributed by atoms with Crippen LogP contribution in [0.1, 0.15) is 44.1 Å². The molecule has 0 amide bonds. The second-order valence-electron chi connectivity index (χ2n) is 4.01. The summed E-state index contributed by atoms with van der Waals surface area (Å²) in [4.78, 5) is 10.7. The highest BCUT2D eigenvalue weighted by Crippen LogP contribution is 2.22. The molecule has 0 saturated heterocycles. The standard InChI is InChI=1S/C15H20O/c1-2-3-4-6-11-15(12-13-16)14-9-7-5-8-10-14/h4-10,13,15H,2-3,11-12H2,1H3/b6-4+/t15-/m1/s1. The summed E-state index contributed by atoms with van der Waals surface area (Å²) in [5.41, 5.74) is 1.26. The van der Waals surface area contributed by atoms with Gasteiger partial charge in [-0.2, -0.15) is 0 Å². The zero-order valence-corrected chi connectivity index (χ0v) is 9.93. The Kier molecular flexibility index (Phi) is 6.24. The van der Waals surface area contributed by atoms with Crippen molar-refractivity contribution in [1.82, 2.24) is 0 Å². The number of rotatable bonds is 7. The van der Waals surface area contributed by atoms with Gasteiger partial charge >= 0.3 is 0 Å². The summed E-state index contributed by atoms with van der Waals surface area (Å²) in [7, 11) is 0. The molecule has 0 aliphatic rings. The Morgan fingerprint density at radius 3 is 2.50 bits per heavy atom. The fourth-order valence-corrected chi connectivity index (χ4v) is 1.75. The molecule has 1 atom stereocenters. The molecule has 0 saturated carbocycles. The van der Waals surface area contributed by atoms with Gasteiger partial charge in [-0.25, -0.2) is 0 Å². The van der Waals surface area contributed by atoms with Crippen molar-refractivity contribution >= 4 is 6.29 Å². The van der Waals surface area contributed by atoms with Gasteiger partial charge in [0.15, 0.2) is 0 Å². The number of carbonyl (C=O) groups excluding carboxylic acids is 1. The summed E-state index contributed by atoms with van der Waals surface area (Å²) in [6.45, 7) is 2.17. The summed E-state index contributed by atoms with van der Waals surface area (Å²) in [6, 6.07) is 10.3. The molecule has 1 heteroatoms. The van der Waals surface area contributed by atoms with Gasteiger partial charge in [-0.05, 0) is 24.3 Å². The highest BCUT2D eigenvalue weighted by molar-refractivity contribution is 5.51.